The normalized spacial score (nSPS) is 11.7. The fraction of sp³-hybridized carbons (Fsp3) is 0.200. The molecule has 0 aliphatic carbocycles. The summed E-state index contributed by atoms with van der Waals surface area (Å²) >= 11 is 0. The van der Waals surface area contributed by atoms with Crippen molar-refractivity contribution in [1.82, 2.24) is 10.3 Å². The van der Waals surface area contributed by atoms with E-state index in [1.54, 1.807) is 25.4 Å². The van der Waals surface area contributed by atoms with Crippen LogP contribution in [0.3, 0.4) is 0 Å². The van der Waals surface area contributed by atoms with Crippen LogP contribution in [0, 0.1) is 0 Å². The van der Waals surface area contributed by atoms with E-state index in [4.69, 9.17) is 10.5 Å². The van der Waals surface area contributed by atoms with E-state index in [0.717, 1.165) is 11.3 Å². The Hall–Kier alpha value is -2.56. The van der Waals surface area contributed by atoms with Crippen LogP contribution in [0.4, 0.5) is 5.82 Å². The maximum atomic E-state index is 12.1. The van der Waals surface area contributed by atoms with Gasteiger partial charge in [-0.25, -0.2) is 4.98 Å². The maximum Gasteiger partial charge on any atom is 0.255 e. The second kappa shape index (κ2) is 6.06. The van der Waals surface area contributed by atoms with Crippen molar-refractivity contribution < 1.29 is 9.53 Å². The number of amides is 1. The van der Waals surface area contributed by atoms with E-state index in [9.17, 15) is 4.79 Å². The largest absolute Gasteiger partial charge is 0.497 e. The van der Waals surface area contributed by atoms with Gasteiger partial charge in [-0.3, -0.25) is 4.79 Å². The minimum Gasteiger partial charge on any atom is -0.497 e. The topological polar surface area (TPSA) is 77.2 Å². The minimum absolute atomic E-state index is 0.131. The zero-order valence-electron chi connectivity index (χ0n) is 11.5. The highest BCUT2D eigenvalue weighted by atomic mass is 16.5. The zero-order chi connectivity index (χ0) is 14.5. The number of pyridine rings is 1. The van der Waals surface area contributed by atoms with Crippen molar-refractivity contribution in [2.45, 2.75) is 13.0 Å². The molecule has 1 aromatic carbocycles. The molecule has 0 fully saturated rings. The SMILES string of the molecule is COc1ccc([C@@H](C)NC(=O)c2cccnc2N)cc1. The first kappa shape index (κ1) is 13.9. The number of anilines is 1. The summed E-state index contributed by atoms with van der Waals surface area (Å²) in [7, 11) is 1.62. The van der Waals surface area contributed by atoms with Gasteiger partial charge < -0.3 is 15.8 Å². The molecule has 0 aliphatic rings. The van der Waals surface area contributed by atoms with Gasteiger partial charge in [-0.2, -0.15) is 0 Å². The van der Waals surface area contributed by atoms with Gasteiger partial charge in [0.2, 0.25) is 0 Å². The second-order valence-corrected chi connectivity index (χ2v) is 4.40. The highest BCUT2D eigenvalue weighted by Gasteiger charge is 2.14. The third-order valence-corrected chi connectivity index (χ3v) is 3.05. The quantitative estimate of drug-likeness (QED) is 0.893. The standard InChI is InChI=1S/C15H17N3O2/c1-10(11-5-7-12(20-2)8-6-11)18-15(19)13-4-3-9-17-14(13)16/h3-10H,1-2H3,(H2,16,17)(H,18,19)/t10-/m1/s1. The summed E-state index contributed by atoms with van der Waals surface area (Å²) in [6, 6.07) is 10.7. The van der Waals surface area contributed by atoms with Gasteiger partial charge in [-0.15, -0.1) is 0 Å². The molecule has 0 bridgehead atoms. The van der Waals surface area contributed by atoms with Crippen LogP contribution < -0.4 is 15.8 Å². The van der Waals surface area contributed by atoms with Gasteiger partial charge in [-0.05, 0) is 36.8 Å². The van der Waals surface area contributed by atoms with E-state index >= 15 is 0 Å². The molecular weight excluding hydrogens is 254 g/mol. The smallest absolute Gasteiger partial charge is 0.255 e. The van der Waals surface area contributed by atoms with Gasteiger partial charge in [0, 0.05) is 6.20 Å². The van der Waals surface area contributed by atoms with E-state index < -0.39 is 0 Å². The van der Waals surface area contributed by atoms with Crippen molar-refractivity contribution in [3.05, 3.63) is 53.7 Å². The molecule has 0 radical (unpaired) electrons. The first-order valence-electron chi connectivity index (χ1n) is 6.27. The average Bonchev–Trinajstić information content (AvgIpc) is 2.47. The molecule has 20 heavy (non-hydrogen) atoms. The lowest BCUT2D eigenvalue weighted by Crippen LogP contribution is -2.27. The van der Waals surface area contributed by atoms with E-state index in [2.05, 4.69) is 10.3 Å². The van der Waals surface area contributed by atoms with Gasteiger partial charge in [0.15, 0.2) is 0 Å². The number of rotatable bonds is 4. The Bertz CT molecular complexity index is 596. The molecule has 104 valence electrons. The summed E-state index contributed by atoms with van der Waals surface area (Å²) in [5.74, 6) is 0.773. The van der Waals surface area contributed by atoms with Gasteiger partial charge >= 0.3 is 0 Å². The summed E-state index contributed by atoms with van der Waals surface area (Å²) in [5.41, 5.74) is 7.06. The number of nitrogens with two attached hydrogens (primary N) is 1. The van der Waals surface area contributed by atoms with Gasteiger partial charge in [0.05, 0.1) is 18.7 Å². The summed E-state index contributed by atoms with van der Waals surface area (Å²) in [6.07, 6.45) is 1.55. The minimum atomic E-state index is -0.237. The average molecular weight is 271 g/mol. The lowest BCUT2D eigenvalue weighted by atomic mass is 10.1. The van der Waals surface area contributed by atoms with Crippen LogP contribution in [0.5, 0.6) is 5.75 Å². The molecular formula is C15H17N3O2. The molecule has 0 aliphatic heterocycles. The third-order valence-electron chi connectivity index (χ3n) is 3.05. The summed E-state index contributed by atoms with van der Waals surface area (Å²) < 4.78 is 5.10. The molecule has 1 aromatic heterocycles. The van der Waals surface area contributed by atoms with Crippen molar-refractivity contribution in [1.29, 1.82) is 0 Å². The number of methoxy groups -OCH3 is 1. The fourth-order valence-corrected chi connectivity index (χ4v) is 1.86. The number of ether oxygens (including phenoxy) is 1. The Morgan fingerprint density at radius 3 is 2.60 bits per heavy atom. The van der Waals surface area contributed by atoms with Crippen molar-refractivity contribution in [3.63, 3.8) is 0 Å². The van der Waals surface area contributed by atoms with Gasteiger partial charge in [-0.1, -0.05) is 12.1 Å². The number of hydrogen-bond donors (Lipinski definition) is 2. The van der Waals surface area contributed by atoms with Crippen LogP contribution in [0.25, 0.3) is 0 Å². The number of hydrogen-bond acceptors (Lipinski definition) is 4. The van der Waals surface area contributed by atoms with Crippen molar-refractivity contribution in [2.75, 3.05) is 12.8 Å². The number of nitrogen functional groups attached to an aromatic ring is 1. The Kier molecular flexibility index (Phi) is 4.20. The molecule has 3 N–H and O–H groups in total. The van der Waals surface area contributed by atoms with E-state index in [1.165, 1.54) is 0 Å². The van der Waals surface area contributed by atoms with Crippen molar-refractivity contribution >= 4 is 11.7 Å². The Labute approximate surface area is 117 Å². The molecule has 2 aromatic rings. The summed E-state index contributed by atoms with van der Waals surface area (Å²) in [6.45, 7) is 1.91. The highest BCUT2D eigenvalue weighted by molar-refractivity contribution is 5.98. The predicted octanol–water partition coefficient (Wildman–Crippen LogP) is 2.16. The van der Waals surface area contributed by atoms with E-state index in [-0.39, 0.29) is 17.8 Å². The molecule has 2 rings (SSSR count). The highest BCUT2D eigenvalue weighted by Crippen LogP contribution is 2.18. The third kappa shape index (κ3) is 3.06. The summed E-state index contributed by atoms with van der Waals surface area (Å²) in [5, 5.41) is 2.89. The fourth-order valence-electron chi connectivity index (χ4n) is 1.86. The maximum absolute atomic E-state index is 12.1. The van der Waals surface area contributed by atoms with Crippen LogP contribution in [0.2, 0.25) is 0 Å². The van der Waals surface area contributed by atoms with E-state index in [0.29, 0.717) is 5.56 Å². The van der Waals surface area contributed by atoms with Gasteiger partial charge in [0.25, 0.3) is 5.91 Å². The number of carbonyl (C=O) groups excluding carboxylic acids is 1. The Morgan fingerprint density at radius 2 is 2.00 bits per heavy atom. The van der Waals surface area contributed by atoms with Crippen LogP contribution in [0.15, 0.2) is 42.6 Å². The molecule has 0 saturated carbocycles. The van der Waals surface area contributed by atoms with Gasteiger partial charge in [0.1, 0.15) is 11.6 Å². The lowest BCUT2D eigenvalue weighted by Gasteiger charge is -2.15. The monoisotopic (exact) mass is 271 g/mol. The number of nitrogens with zero attached hydrogens (tertiary/aromatic N) is 1. The van der Waals surface area contributed by atoms with Crippen LogP contribution >= 0.6 is 0 Å². The molecule has 0 saturated heterocycles. The molecule has 1 amide bonds. The first-order chi connectivity index (χ1) is 9.61. The molecule has 0 spiro atoms. The molecule has 0 unspecified atom stereocenters. The Balaban J connectivity index is 2.09. The number of nitrogens with one attached hydrogen (secondary N) is 1. The van der Waals surface area contributed by atoms with Crippen LogP contribution in [-0.2, 0) is 0 Å². The van der Waals surface area contributed by atoms with Crippen molar-refractivity contribution in [3.8, 4) is 5.75 Å². The lowest BCUT2D eigenvalue weighted by molar-refractivity contribution is 0.0940. The molecule has 5 nitrogen and oxygen atoms in total. The summed E-state index contributed by atoms with van der Waals surface area (Å²) in [4.78, 5) is 16.0. The predicted molar refractivity (Wildman–Crippen MR) is 77.5 cm³/mol. The van der Waals surface area contributed by atoms with E-state index in [1.807, 2.05) is 31.2 Å². The number of carbonyl (C=O) groups is 1. The molecule has 1 heterocycles. The number of benzene rings is 1. The van der Waals surface area contributed by atoms with Crippen LogP contribution in [-0.4, -0.2) is 18.0 Å². The van der Waals surface area contributed by atoms with Crippen LogP contribution in [0.1, 0.15) is 28.9 Å². The first-order valence-corrected chi connectivity index (χ1v) is 6.27. The zero-order valence-corrected chi connectivity index (χ0v) is 11.5. The van der Waals surface area contributed by atoms with Crippen molar-refractivity contribution in [2.24, 2.45) is 0 Å². The Morgan fingerprint density at radius 1 is 1.30 bits per heavy atom. The number of aromatic nitrogens is 1. The molecule has 1 atom stereocenters. The second-order valence-electron chi connectivity index (χ2n) is 4.40. The molecule has 5 heteroatoms.